The van der Waals surface area contributed by atoms with Gasteiger partial charge >= 0.3 is 0 Å². The summed E-state index contributed by atoms with van der Waals surface area (Å²) in [7, 11) is 0. The number of hydrogen-bond acceptors (Lipinski definition) is 5. The molecule has 0 fully saturated rings. The molecule has 2 aromatic rings. The highest BCUT2D eigenvalue weighted by molar-refractivity contribution is 6.31. The summed E-state index contributed by atoms with van der Waals surface area (Å²) in [4.78, 5) is 22.1. The van der Waals surface area contributed by atoms with Crippen LogP contribution in [0.1, 0.15) is 5.56 Å². The van der Waals surface area contributed by atoms with Crippen LogP contribution in [0, 0.1) is 10.1 Å². The molecule has 0 aliphatic carbocycles. The summed E-state index contributed by atoms with van der Waals surface area (Å²) in [5.74, 6) is -0.0250. The van der Waals surface area contributed by atoms with Gasteiger partial charge in [0.1, 0.15) is 5.69 Å². The monoisotopic (exact) mass is 333 g/mol. The molecule has 2 N–H and O–H groups in total. The molecule has 0 saturated heterocycles. The van der Waals surface area contributed by atoms with E-state index in [0.717, 1.165) is 5.56 Å². The Morgan fingerprint density at radius 3 is 2.87 bits per heavy atom. The van der Waals surface area contributed by atoms with Crippen molar-refractivity contribution in [2.75, 3.05) is 17.2 Å². The number of fused-ring (bicyclic) bond motifs is 1. The molecule has 118 valence electrons. The SMILES string of the molecule is O=C1COc2cc([N+](=O)[O-])c(NCc3ccccc3Cl)cc2N1. The number of halogens is 1. The van der Waals surface area contributed by atoms with Gasteiger partial charge in [0.15, 0.2) is 12.4 Å². The van der Waals surface area contributed by atoms with Gasteiger partial charge in [-0.3, -0.25) is 14.9 Å². The molecule has 1 heterocycles. The van der Waals surface area contributed by atoms with Gasteiger partial charge < -0.3 is 15.4 Å². The van der Waals surface area contributed by atoms with E-state index >= 15 is 0 Å². The maximum absolute atomic E-state index is 11.4. The molecule has 0 saturated carbocycles. The highest BCUT2D eigenvalue weighted by Gasteiger charge is 2.23. The number of nitro benzene ring substituents is 1. The Hall–Kier alpha value is -2.80. The Morgan fingerprint density at radius 1 is 1.35 bits per heavy atom. The van der Waals surface area contributed by atoms with Crippen LogP contribution >= 0.6 is 11.6 Å². The summed E-state index contributed by atoms with van der Waals surface area (Å²) in [6, 6.07) is 9.99. The second-order valence-electron chi connectivity index (χ2n) is 4.90. The lowest BCUT2D eigenvalue weighted by Gasteiger charge is -2.19. The summed E-state index contributed by atoms with van der Waals surface area (Å²) < 4.78 is 5.20. The summed E-state index contributed by atoms with van der Waals surface area (Å²) in [6.45, 7) is 0.157. The lowest BCUT2D eigenvalue weighted by molar-refractivity contribution is -0.384. The summed E-state index contributed by atoms with van der Waals surface area (Å²) in [5.41, 5.74) is 1.35. The largest absolute Gasteiger partial charge is 0.481 e. The molecule has 8 heteroatoms. The molecule has 0 spiro atoms. The molecule has 0 bridgehead atoms. The van der Waals surface area contributed by atoms with Gasteiger partial charge in [0.2, 0.25) is 0 Å². The summed E-state index contributed by atoms with van der Waals surface area (Å²) >= 11 is 6.08. The number of carbonyl (C=O) groups is 1. The fraction of sp³-hybridized carbons (Fsp3) is 0.133. The number of ether oxygens (including phenoxy) is 1. The minimum absolute atomic E-state index is 0.132. The van der Waals surface area contributed by atoms with Crippen LogP contribution in [0.5, 0.6) is 5.75 Å². The number of nitrogens with zero attached hydrogens (tertiary/aromatic N) is 1. The molecule has 7 nitrogen and oxygen atoms in total. The highest BCUT2D eigenvalue weighted by atomic mass is 35.5. The smallest absolute Gasteiger partial charge is 0.296 e. The van der Waals surface area contributed by atoms with Crippen LogP contribution in [0.25, 0.3) is 0 Å². The predicted octanol–water partition coefficient (Wildman–Crippen LogP) is 3.19. The van der Waals surface area contributed by atoms with Gasteiger partial charge in [0, 0.05) is 11.6 Å². The topological polar surface area (TPSA) is 93.5 Å². The number of rotatable bonds is 4. The number of benzene rings is 2. The average Bonchev–Trinajstić information content (AvgIpc) is 2.53. The Labute approximate surface area is 136 Å². The van der Waals surface area contributed by atoms with Crippen molar-refractivity contribution in [3.63, 3.8) is 0 Å². The fourth-order valence-electron chi connectivity index (χ4n) is 2.24. The number of nitro groups is 1. The van der Waals surface area contributed by atoms with Gasteiger partial charge in [-0.15, -0.1) is 0 Å². The molecule has 1 amide bonds. The first-order chi connectivity index (χ1) is 11.0. The Kier molecular flexibility index (Phi) is 4.03. The first-order valence-corrected chi connectivity index (χ1v) is 7.15. The van der Waals surface area contributed by atoms with Crippen molar-refractivity contribution in [3.05, 3.63) is 57.1 Å². The quantitative estimate of drug-likeness (QED) is 0.662. The van der Waals surface area contributed by atoms with Gasteiger partial charge in [-0.25, -0.2) is 0 Å². The molecule has 0 aromatic heterocycles. The van der Waals surface area contributed by atoms with E-state index in [9.17, 15) is 14.9 Å². The van der Waals surface area contributed by atoms with E-state index in [4.69, 9.17) is 16.3 Å². The lowest BCUT2D eigenvalue weighted by Crippen LogP contribution is -2.25. The number of carbonyl (C=O) groups excluding carboxylic acids is 1. The van der Waals surface area contributed by atoms with Crippen LogP contribution < -0.4 is 15.4 Å². The standard InChI is InChI=1S/C15H12ClN3O4/c16-10-4-2-1-3-9(10)7-17-11-5-12-14(6-13(11)19(21)22)23-8-15(20)18-12/h1-6,17H,7-8H2,(H,18,20). The van der Waals surface area contributed by atoms with E-state index in [1.165, 1.54) is 12.1 Å². The molecular formula is C15H12ClN3O4. The predicted molar refractivity (Wildman–Crippen MR) is 86.0 cm³/mol. The molecule has 0 unspecified atom stereocenters. The van der Waals surface area contributed by atoms with Crippen LogP contribution in [0.4, 0.5) is 17.1 Å². The minimum atomic E-state index is -0.505. The first kappa shape index (κ1) is 15.1. The van der Waals surface area contributed by atoms with Crippen LogP contribution in [0.2, 0.25) is 5.02 Å². The van der Waals surface area contributed by atoms with Gasteiger partial charge in [-0.1, -0.05) is 29.8 Å². The van der Waals surface area contributed by atoms with Crippen molar-refractivity contribution in [2.45, 2.75) is 6.54 Å². The zero-order valence-corrected chi connectivity index (χ0v) is 12.6. The molecule has 0 radical (unpaired) electrons. The third-order valence-electron chi connectivity index (χ3n) is 3.35. The number of hydrogen-bond donors (Lipinski definition) is 2. The lowest BCUT2D eigenvalue weighted by atomic mass is 10.1. The number of anilines is 2. The Bertz CT molecular complexity index is 794. The van der Waals surface area contributed by atoms with Crippen LogP contribution in [0.3, 0.4) is 0 Å². The molecule has 23 heavy (non-hydrogen) atoms. The molecule has 0 atom stereocenters. The fourth-order valence-corrected chi connectivity index (χ4v) is 2.44. The van der Waals surface area contributed by atoms with Crippen molar-refractivity contribution in [3.8, 4) is 5.75 Å². The van der Waals surface area contributed by atoms with Crippen molar-refractivity contribution < 1.29 is 14.5 Å². The van der Waals surface area contributed by atoms with Gasteiger partial charge in [0.05, 0.1) is 16.7 Å². The average molecular weight is 334 g/mol. The normalized spacial score (nSPS) is 12.8. The first-order valence-electron chi connectivity index (χ1n) is 6.77. The van der Waals surface area contributed by atoms with E-state index in [2.05, 4.69) is 10.6 Å². The highest BCUT2D eigenvalue weighted by Crippen LogP contribution is 2.38. The summed E-state index contributed by atoms with van der Waals surface area (Å²) in [6.07, 6.45) is 0. The Morgan fingerprint density at radius 2 is 2.13 bits per heavy atom. The van der Waals surface area contributed by atoms with Gasteiger partial charge in [-0.2, -0.15) is 0 Å². The zero-order chi connectivity index (χ0) is 16.4. The van der Waals surface area contributed by atoms with Crippen LogP contribution in [0.15, 0.2) is 36.4 Å². The second kappa shape index (κ2) is 6.13. The number of amides is 1. The van der Waals surface area contributed by atoms with Crippen molar-refractivity contribution in [1.29, 1.82) is 0 Å². The van der Waals surface area contributed by atoms with E-state index in [0.29, 0.717) is 17.3 Å². The zero-order valence-electron chi connectivity index (χ0n) is 11.8. The maximum Gasteiger partial charge on any atom is 0.296 e. The third-order valence-corrected chi connectivity index (χ3v) is 3.72. The van der Waals surface area contributed by atoms with E-state index in [1.807, 2.05) is 12.1 Å². The van der Waals surface area contributed by atoms with E-state index < -0.39 is 4.92 Å². The van der Waals surface area contributed by atoms with E-state index in [1.54, 1.807) is 12.1 Å². The van der Waals surface area contributed by atoms with Gasteiger partial charge in [0.25, 0.3) is 11.6 Å². The summed E-state index contributed by atoms with van der Waals surface area (Å²) in [5, 5.41) is 17.4. The third kappa shape index (κ3) is 3.19. The molecule has 1 aliphatic rings. The van der Waals surface area contributed by atoms with E-state index in [-0.39, 0.29) is 29.6 Å². The molecular weight excluding hydrogens is 322 g/mol. The van der Waals surface area contributed by atoms with Crippen molar-refractivity contribution in [2.24, 2.45) is 0 Å². The maximum atomic E-state index is 11.4. The second-order valence-corrected chi connectivity index (χ2v) is 5.31. The van der Waals surface area contributed by atoms with Crippen LogP contribution in [-0.2, 0) is 11.3 Å². The minimum Gasteiger partial charge on any atom is -0.481 e. The molecule has 2 aromatic carbocycles. The van der Waals surface area contributed by atoms with Crippen molar-refractivity contribution >= 4 is 34.6 Å². The van der Waals surface area contributed by atoms with Crippen molar-refractivity contribution in [1.82, 2.24) is 0 Å². The van der Waals surface area contributed by atoms with Crippen LogP contribution in [-0.4, -0.2) is 17.4 Å². The van der Waals surface area contributed by atoms with Gasteiger partial charge in [-0.05, 0) is 17.7 Å². The Balaban J connectivity index is 1.91. The molecule has 3 rings (SSSR count). The molecule has 1 aliphatic heterocycles. The number of nitrogens with one attached hydrogen (secondary N) is 2.